The Morgan fingerprint density at radius 3 is 2.36 bits per heavy atom. The Morgan fingerprint density at radius 1 is 1.09 bits per heavy atom. The molecule has 11 heavy (non-hydrogen) atoms. The fraction of sp³-hybridized carbons (Fsp3) is 1.00. The molecule has 0 atom stereocenters. The van der Waals surface area contributed by atoms with Gasteiger partial charge in [-0.2, -0.15) is 0 Å². The molecule has 0 aliphatic heterocycles. The summed E-state index contributed by atoms with van der Waals surface area (Å²) in [7, 11) is 1.46. The Balaban J connectivity index is 2.80. The van der Waals surface area contributed by atoms with Crippen LogP contribution in [0.5, 0.6) is 0 Å². The summed E-state index contributed by atoms with van der Waals surface area (Å²) in [5, 5.41) is 0. The Kier molecular flexibility index (Phi) is 8.21. The van der Waals surface area contributed by atoms with Gasteiger partial charge >= 0.3 is 0 Å². The van der Waals surface area contributed by atoms with Gasteiger partial charge in [0.25, 0.3) is 0 Å². The van der Waals surface area contributed by atoms with Crippen molar-refractivity contribution in [2.45, 2.75) is 59.1 Å². The second-order valence-electron chi connectivity index (χ2n) is 3.95. The summed E-state index contributed by atoms with van der Waals surface area (Å²) in [5.41, 5.74) is 0. The molecule has 1 heteroatoms. The van der Waals surface area contributed by atoms with E-state index >= 15 is 0 Å². The molecule has 0 aromatic rings. The van der Waals surface area contributed by atoms with Crippen molar-refractivity contribution in [1.82, 2.24) is 0 Å². The number of hydrogen-bond donors (Lipinski definition) is 0. The summed E-state index contributed by atoms with van der Waals surface area (Å²) in [5.74, 6) is 0.904. The van der Waals surface area contributed by atoms with Gasteiger partial charge in [0.1, 0.15) is 7.28 Å². The van der Waals surface area contributed by atoms with E-state index in [-0.39, 0.29) is 0 Å². The maximum absolute atomic E-state index is 2.31. The normalized spacial score (nSPS) is 10.5. The van der Waals surface area contributed by atoms with Crippen LogP contribution in [0.2, 0.25) is 12.6 Å². The van der Waals surface area contributed by atoms with Gasteiger partial charge in [-0.25, -0.2) is 0 Å². The molecule has 0 nitrogen and oxygen atoms in total. The average Bonchev–Trinajstić information content (AvgIpc) is 1.96. The third kappa shape index (κ3) is 10.1. The Hall–Kier alpha value is 0.0649. The van der Waals surface area contributed by atoms with Gasteiger partial charge in [0.2, 0.25) is 0 Å². The average molecular weight is 154 g/mol. The molecule has 0 amide bonds. The minimum Gasteiger partial charge on any atom is -0.0774 e. The number of hydrogen-bond acceptors (Lipinski definition) is 0. The lowest BCUT2D eigenvalue weighted by Crippen LogP contribution is -1.93. The second kappa shape index (κ2) is 8.16. The lowest BCUT2D eigenvalue weighted by molar-refractivity contribution is 0.623. The van der Waals surface area contributed by atoms with Crippen molar-refractivity contribution in [2.24, 2.45) is 5.92 Å². The van der Waals surface area contributed by atoms with E-state index in [4.69, 9.17) is 0 Å². The Labute approximate surface area is 73.0 Å². The Morgan fingerprint density at radius 2 is 1.82 bits per heavy atom. The molecule has 0 aliphatic carbocycles. The monoisotopic (exact) mass is 154 g/mol. The van der Waals surface area contributed by atoms with Crippen molar-refractivity contribution in [3.63, 3.8) is 0 Å². The topological polar surface area (TPSA) is 0 Å². The molecule has 0 fully saturated rings. The van der Waals surface area contributed by atoms with Crippen molar-refractivity contribution in [1.29, 1.82) is 0 Å². The van der Waals surface area contributed by atoms with Crippen LogP contribution < -0.4 is 0 Å². The fourth-order valence-corrected chi connectivity index (χ4v) is 1.33. The lowest BCUT2D eigenvalue weighted by Gasteiger charge is -2.01. The van der Waals surface area contributed by atoms with E-state index in [9.17, 15) is 0 Å². The SMILES string of the molecule is CCCCCBCCC(C)C. The second-order valence-corrected chi connectivity index (χ2v) is 3.95. The maximum atomic E-state index is 2.31. The largest absolute Gasteiger partial charge is 0.120 e. The van der Waals surface area contributed by atoms with Crippen molar-refractivity contribution in [2.75, 3.05) is 0 Å². The number of unbranched alkanes of at least 4 members (excludes halogenated alkanes) is 2. The molecule has 0 saturated heterocycles. The molecule has 0 aliphatic rings. The van der Waals surface area contributed by atoms with Crippen LogP contribution in [0.25, 0.3) is 0 Å². The highest BCUT2D eigenvalue weighted by molar-refractivity contribution is 6.35. The first-order valence-corrected chi connectivity index (χ1v) is 5.27. The van der Waals surface area contributed by atoms with Crippen LogP contribution in [0.3, 0.4) is 0 Å². The lowest BCUT2D eigenvalue weighted by atomic mass is 9.67. The smallest absolute Gasteiger partial charge is 0.0774 e. The van der Waals surface area contributed by atoms with Crippen LogP contribution in [-0.4, -0.2) is 7.28 Å². The molecule has 0 spiro atoms. The first kappa shape index (κ1) is 11.1. The standard InChI is InChI=1S/C10H23B/c1-4-5-6-8-11-9-7-10(2)3/h10-11H,4-9H2,1-3H3. The minimum atomic E-state index is 0.904. The molecule has 0 saturated carbocycles. The zero-order valence-corrected chi connectivity index (χ0v) is 8.53. The predicted molar refractivity (Wildman–Crippen MR) is 55.7 cm³/mol. The van der Waals surface area contributed by atoms with Crippen molar-refractivity contribution < 1.29 is 0 Å². The highest BCUT2D eigenvalue weighted by Gasteiger charge is 1.95. The van der Waals surface area contributed by atoms with Crippen molar-refractivity contribution in [3.8, 4) is 0 Å². The zero-order valence-electron chi connectivity index (χ0n) is 8.53. The minimum absolute atomic E-state index is 0.904. The molecule has 0 unspecified atom stereocenters. The van der Waals surface area contributed by atoms with E-state index in [0.29, 0.717) is 0 Å². The quantitative estimate of drug-likeness (QED) is 0.389. The third-order valence-corrected chi connectivity index (χ3v) is 2.14. The number of rotatable bonds is 7. The molecule has 66 valence electrons. The van der Waals surface area contributed by atoms with Crippen LogP contribution in [-0.2, 0) is 0 Å². The van der Waals surface area contributed by atoms with Gasteiger partial charge in [0, 0.05) is 0 Å². The van der Waals surface area contributed by atoms with E-state index in [0.717, 1.165) is 5.92 Å². The summed E-state index contributed by atoms with van der Waals surface area (Å²) in [6, 6.07) is 0. The molecule has 0 aromatic carbocycles. The highest BCUT2D eigenvalue weighted by Crippen LogP contribution is 2.06. The van der Waals surface area contributed by atoms with Gasteiger partial charge in [-0.1, -0.05) is 59.1 Å². The molecule has 0 aromatic heterocycles. The maximum Gasteiger partial charge on any atom is 0.120 e. The van der Waals surface area contributed by atoms with Crippen LogP contribution in [0, 0.1) is 5.92 Å². The van der Waals surface area contributed by atoms with Crippen LogP contribution in [0.15, 0.2) is 0 Å². The van der Waals surface area contributed by atoms with Crippen molar-refractivity contribution in [3.05, 3.63) is 0 Å². The van der Waals surface area contributed by atoms with Gasteiger partial charge in [0.05, 0.1) is 0 Å². The van der Waals surface area contributed by atoms with E-state index < -0.39 is 0 Å². The summed E-state index contributed by atoms with van der Waals surface area (Å²) in [4.78, 5) is 0. The van der Waals surface area contributed by atoms with Crippen molar-refractivity contribution >= 4 is 7.28 Å². The van der Waals surface area contributed by atoms with Crippen LogP contribution in [0.4, 0.5) is 0 Å². The third-order valence-electron chi connectivity index (χ3n) is 2.14. The zero-order chi connectivity index (χ0) is 8.53. The fourth-order valence-electron chi connectivity index (χ4n) is 1.33. The van der Waals surface area contributed by atoms with Gasteiger partial charge in [-0.05, 0) is 5.92 Å². The Bertz CT molecular complexity index is 69.3. The molecule has 0 radical (unpaired) electrons. The summed E-state index contributed by atoms with van der Waals surface area (Å²) < 4.78 is 0. The van der Waals surface area contributed by atoms with Gasteiger partial charge in [-0.3, -0.25) is 0 Å². The van der Waals surface area contributed by atoms with E-state index in [1.54, 1.807) is 0 Å². The summed E-state index contributed by atoms with van der Waals surface area (Å²) >= 11 is 0. The highest BCUT2D eigenvalue weighted by atomic mass is 13.9. The first-order chi connectivity index (χ1) is 5.27. The van der Waals surface area contributed by atoms with Gasteiger partial charge < -0.3 is 0 Å². The molecular weight excluding hydrogens is 131 g/mol. The molecule has 0 bridgehead atoms. The summed E-state index contributed by atoms with van der Waals surface area (Å²) in [6.07, 6.45) is 8.58. The van der Waals surface area contributed by atoms with E-state index in [1.165, 1.54) is 45.6 Å². The molecule has 0 rings (SSSR count). The molecule has 0 heterocycles. The molecule has 0 N–H and O–H groups in total. The predicted octanol–water partition coefficient (Wildman–Crippen LogP) is 3.50. The van der Waals surface area contributed by atoms with Gasteiger partial charge in [-0.15, -0.1) is 0 Å². The van der Waals surface area contributed by atoms with E-state index in [1.807, 2.05) is 0 Å². The molecular formula is C10H23B. The van der Waals surface area contributed by atoms with Gasteiger partial charge in [0.15, 0.2) is 0 Å². The summed E-state index contributed by atoms with van der Waals surface area (Å²) in [6.45, 7) is 6.90. The van der Waals surface area contributed by atoms with Crippen LogP contribution >= 0.6 is 0 Å². The van der Waals surface area contributed by atoms with Crippen LogP contribution in [0.1, 0.15) is 46.5 Å². The first-order valence-electron chi connectivity index (χ1n) is 5.27. The van der Waals surface area contributed by atoms with E-state index in [2.05, 4.69) is 20.8 Å².